The minimum atomic E-state index is -0.0787. The fraction of sp³-hybridized carbons (Fsp3) is 0.312. The Hall–Kier alpha value is -2.28. The fourth-order valence-corrected chi connectivity index (χ4v) is 3.35. The molecule has 7 heteroatoms. The maximum atomic E-state index is 11.9. The fourth-order valence-electron chi connectivity index (χ4n) is 2.33. The van der Waals surface area contributed by atoms with Gasteiger partial charge in [-0.25, -0.2) is 4.98 Å². The van der Waals surface area contributed by atoms with Crippen molar-refractivity contribution < 1.29 is 9.32 Å². The number of fused-ring (bicyclic) bond motifs is 1. The normalized spacial score (nSPS) is 11.0. The third kappa shape index (κ3) is 3.56. The molecule has 23 heavy (non-hydrogen) atoms. The molecule has 2 aromatic heterocycles. The predicted octanol–water partition coefficient (Wildman–Crippen LogP) is 3.47. The van der Waals surface area contributed by atoms with Gasteiger partial charge in [0.2, 0.25) is 5.91 Å². The minimum Gasteiger partial charge on any atom is -0.360 e. The number of hydrogen-bond acceptors (Lipinski definition) is 5. The van der Waals surface area contributed by atoms with Crippen LogP contribution in [0.15, 0.2) is 40.0 Å². The number of carbonyl (C=O) groups is 1. The van der Waals surface area contributed by atoms with Crippen molar-refractivity contribution in [1.29, 1.82) is 0 Å². The average Bonchev–Trinajstić information content (AvgIpc) is 3.10. The number of carbonyl (C=O) groups excluding carboxylic acids is 1. The lowest BCUT2D eigenvalue weighted by Gasteiger charge is -2.05. The van der Waals surface area contributed by atoms with E-state index < -0.39 is 0 Å². The lowest BCUT2D eigenvalue weighted by atomic mass is 10.3. The van der Waals surface area contributed by atoms with E-state index in [-0.39, 0.29) is 5.91 Å². The molecule has 120 valence electrons. The van der Waals surface area contributed by atoms with E-state index in [9.17, 15) is 4.79 Å². The standard InChI is InChI=1S/C16H18N4O2S/c1-3-20-13-7-5-4-6-12(13)17-16(20)23-9-8-15(21)18-14-10-11(2)22-19-14/h4-7,10H,3,8-9H2,1-2H3,(H,18,19,21). The van der Waals surface area contributed by atoms with E-state index in [1.807, 2.05) is 18.2 Å². The molecule has 0 atom stereocenters. The highest BCUT2D eigenvalue weighted by molar-refractivity contribution is 7.99. The van der Waals surface area contributed by atoms with Crippen molar-refractivity contribution in [2.24, 2.45) is 0 Å². The van der Waals surface area contributed by atoms with Gasteiger partial charge < -0.3 is 14.4 Å². The van der Waals surface area contributed by atoms with Crippen LogP contribution in [-0.4, -0.2) is 26.4 Å². The van der Waals surface area contributed by atoms with Crippen molar-refractivity contribution in [3.63, 3.8) is 0 Å². The Labute approximate surface area is 138 Å². The summed E-state index contributed by atoms with van der Waals surface area (Å²) in [5.74, 6) is 1.71. The van der Waals surface area contributed by atoms with Crippen LogP contribution < -0.4 is 5.32 Å². The van der Waals surface area contributed by atoms with Crippen molar-refractivity contribution in [2.45, 2.75) is 32.0 Å². The van der Waals surface area contributed by atoms with Crippen LogP contribution in [0.5, 0.6) is 0 Å². The summed E-state index contributed by atoms with van der Waals surface area (Å²) in [5.41, 5.74) is 2.11. The molecule has 0 aliphatic carbocycles. The zero-order valence-corrected chi connectivity index (χ0v) is 13.9. The Kier molecular flexibility index (Phi) is 4.66. The van der Waals surface area contributed by atoms with Gasteiger partial charge in [0.25, 0.3) is 0 Å². The molecule has 0 aliphatic heterocycles. The topological polar surface area (TPSA) is 73.0 Å². The number of thioether (sulfide) groups is 1. The number of nitrogens with one attached hydrogen (secondary N) is 1. The van der Waals surface area contributed by atoms with Crippen LogP contribution in [0.2, 0.25) is 0 Å². The summed E-state index contributed by atoms with van der Waals surface area (Å²) in [6.45, 7) is 4.73. The first-order valence-electron chi connectivity index (χ1n) is 7.48. The number of aryl methyl sites for hydroxylation is 2. The van der Waals surface area contributed by atoms with Crippen molar-refractivity contribution in [1.82, 2.24) is 14.7 Å². The second-order valence-electron chi connectivity index (χ2n) is 5.10. The second-order valence-corrected chi connectivity index (χ2v) is 6.16. The largest absolute Gasteiger partial charge is 0.360 e. The maximum absolute atomic E-state index is 11.9. The molecule has 2 heterocycles. The van der Waals surface area contributed by atoms with Crippen molar-refractivity contribution >= 4 is 34.5 Å². The van der Waals surface area contributed by atoms with Gasteiger partial charge in [-0.15, -0.1) is 0 Å². The Bertz CT molecular complexity index is 824. The molecule has 0 unspecified atom stereocenters. The quantitative estimate of drug-likeness (QED) is 0.701. The monoisotopic (exact) mass is 330 g/mol. The molecule has 0 spiro atoms. The van der Waals surface area contributed by atoms with Gasteiger partial charge in [-0.05, 0) is 26.0 Å². The first kappa shape index (κ1) is 15.6. The van der Waals surface area contributed by atoms with Crippen LogP contribution >= 0.6 is 11.8 Å². The molecule has 0 aliphatic rings. The first-order valence-corrected chi connectivity index (χ1v) is 8.47. The van der Waals surface area contributed by atoms with E-state index in [0.717, 1.165) is 22.7 Å². The molecule has 1 N–H and O–H groups in total. The molecule has 3 rings (SSSR count). The molecule has 0 bridgehead atoms. The summed E-state index contributed by atoms with van der Waals surface area (Å²) in [4.78, 5) is 16.5. The van der Waals surface area contributed by atoms with Crippen molar-refractivity contribution in [3.8, 4) is 0 Å². The minimum absolute atomic E-state index is 0.0787. The molecule has 0 fully saturated rings. The highest BCUT2D eigenvalue weighted by Gasteiger charge is 2.11. The van der Waals surface area contributed by atoms with Gasteiger partial charge in [-0.1, -0.05) is 29.1 Å². The van der Waals surface area contributed by atoms with Crippen LogP contribution in [0, 0.1) is 6.92 Å². The number of para-hydroxylation sites is 2. The van der Waals surface area contributed by atoms with Gasteiger partial charge in [-0.2, -0.15) is 0 Å². The van der Waals surface area contributed by atoms with Crippen LogP contribution in [0.1, 0.15) is 19.1 Å². The van der Waals surface area contributed by atoms with Gasteiger partial charge in [0.15, 0.2) is 11.0 Å². The summed E-state index contributed by atoms with van der Waals surface area (Å²) < 4.78 is 7.09. The van der Waals surface area contributed by atoms with E-state index in [2.05, 4.69) is 33.0 Å². The lowest BCUT2D eigenvalue weighted by molar-refractivity contribution is -0.115. The molecule has 0 saturated heterocycles. The van der Waals surface area contributed by atoms with Gasteiger partial charge in [-0.3, -0.25) is 4.79 Å². The number of nitrogens with zero attached hydrogens (tertiary/aromatic N) is 3. The van der Waals surface area contributed by atoms with Gasteiger partial charge in [0.05, 0.1) is 11.0 Å². The van der Waals surface area contributed by atoms with E-state index in [4.69, 9.17) is 4.52 Å². The molecule has 6 nitrogen and oxygen atoms in total. The third-order valence-electron chi connectivity index (χ3n) is 3.39. The smallest absolute Gasteiger partial charge is 0.226 e. The summed E-state index contributed by atoms with van der Waals surface area (Å²) >= 11 is 1.59. The van der Waals surface area contributed by atoms with Crippen LogP contribution in [0.25, 0.3) is 11.0 Å². The zero-order valence-electron chi connectivity index (χ0n) is 13.1. The summed E-state index contributed by atoms with van der Waals surface area (Å²) in [6.07, 6.45) is 0.392. The molecule has 0 saturated carbocycles. The SMILES string of the molecule is CCn1c(SCCC(=O)Nc2cc(C)on2)nc2ccccc21. The molecule has 3 aromatic rings. The number of aromatic nitrogens is 3. The molecule has 0 radical (unpaired) electrons. The Balaban J connectivity index is 1.59. The number of benzene rings is 1. The van der Waals surface area contributed by atoms with E-state index in [1.54, 1.807) is 24.8 Å². The molecular weight excluding hydrogens is 312 g/mol. The van der Waals surface area contributed by atoms with Crippen molar-refractivity contribution in [2.75, 3.05) is 11.1 Å². The van der Waals surface area contributed by atoms with Crippen LogP contribution in [0.3, 0.4) is 0 Å². The number of anilines is 1. The molecular formula is C16H18N4O2S. The Morgan fingerprint density at radius 3 is 2.96 bits per heavy atom. The number of imidazole rings is 1. The zero-order chi connectivity index (χ0) is 16.2. The van der Waals surface area contributed by atoms with Gasteiger partial charge in [0, 0.05) is 24.8 Å². The van der Waals surface area contributed by atoms with Gasteiger partial charge >= 0.3 is 0 Å². The average molecular weight is 330 g/mol. The van der Waals surface area contributed by atoms with Crippen LogP contribution in [0.4, 0.5) is 5.82 Å². The highest BCUT2D eigenvalue weighted by atomic mass is 32.2. The Morgan fingerprint density at radius 2 is 2.22 bits per heavy atom. The number of hydrogen-bond donors (Lipinski definition) is 1. The summed E-state index contributed by atoms with van der Waals surface area (Å²) in [6, 6.07) is 9.76. The Morgan fingerprint density at radius 1 is 1.39 bits per heavy atom. The maximum Gasteiger partial charge on any atom is 0.226 e. The van der Waals surface area contributed by atoms with Crippen molar-refractivity contribution in [3.05, 3.63) is 36.1 Å². The van der Waals surface area contributed by atoms with Crippen LogP contribution in [-0.2, 0) is 11.3 Å². The summed E-state index contributed by atoms with van der Waals surface area (Å²) in [5, 5.41) is 7.41. The third-order valence-corrected chi connectivity index (χ3v) is 4.37. The lowest BCUT2D eigenvalue weighted by Crippen LogP contribution is -2.12. The van der Waals surface area contributed by atoms with Gasteiger partial charge in [0.1, 0.15) is 5.76 Å². The number of rotatable bonds is 6. The predicted molar refractivity (Wildman–Crippen MR) is 90.6 cm³/mol. The van der Waals surface area contributed by atoms with E-state index >= 15 is 0 Å². The highest BCUT2D eigenvalue weighted by Crippen LogP contribution is 2.24. The number of amides is 1. The molecule has 1 aromatic carbocycles. The first-order chi connectivity index (χ1) is 11.2. The van der Waals surface area contributed by atoms with E-state index in [0.29, 0.717) is 23.8 Å². The molecule has 1 amide bonds. The second kappa shape index (κ2) is 6.87. The van der Waals surface area contributed by atoms with E-state index in [1.165, 1.54) is 0 Å². The summed E-state index contributed by atoms with van der Waals surface area (Å²) in [7, 11) is 0.